The monoisotopic (exact) mass is 337 g/mol. The van der Waals surface area contributed by atoms with Crippen molar-refractivity contribution in [3.63, 3.8) is 0 Å². The molecule has 2 atom stereocenters. The molecule has 24 heavy (non-hydrogen) atoms. The zero-order chi connectivity index (χ0) is 17.1. The lowest BCUT2D eigenvalue weighted by atomic mass is 10.1. The third-order valence-corrected chi connectivity index (χ3v) is 4.13. The number of benzene rings is 2. The second-order valence-corrected chi connectivity index (χ2v) is 5.86. The summed E-state index contributed by atoms with van der Waals surface area (Å²) in [6.07, 6.45) is -1.22. The quantitative estimate of drug-likeness (QED) is 0.930. The van der Waals surface area contributed by atoms with Gasteiger partial charge in [0, 0.05) is 19.6 Å². The molecule has 1 heterocycles. The summed E-state index contributed by atoms with van der Waals surface area (Å²) in [5.41, 5.74) is 1.06. The average Bonchev–Trinajstić information content (AvgIpc) is 2.57. The first-order valence-corrected chi connectivity index (χ1v) is 7.75. The molecule has 1 fully saturated rings. The second kappa shape index (κ2) is 7.34. The van der Waals surface area contributed by atoms with Gasteiger partial charge in [0.1, 0.15) is 5.82 Å². The Bertz CT molecular complexity index is 710. The van der Waals surface area contributed by atoms with E-state index in [1.54, 1.807) is 12.1 Å². The van der Waals surface area contributed by atoms with Crippen molar-refractivity contribution in [3.05, 3.63) is 71.0 Å². The summed E-state index contributed by atoms with van der Waals surface area (Å²) >= 11 is 0. The summed E-state index contributed by atoms with van der Waals surface area (Å²) in [5, 5.41) is 10.3. The van der Waals surface area contributed by atoms with Gasteiger partial charge in [-0.05, 0) is 35.4 Å². The predicted molar refractivity (Wildman–Crippen MR) is 82.9 cm³/mol. The molecule has 128 valence electrons. The summed E-state index contributed by atoms with van der Waals surface area (Å²) < 4.78 is 45.3. The number of aliphatic hydroxyl groups is 1. The molecule has 1 aliphatic rings. The number of hydrogen-bond donors (Lipinski definition) is 1. The van der Waals surface area contributed by atoms with Gasteiger partial charge in [-0.3, -0.25) is 4.90 Å². The molecule has 1 aliphatic heterocycles. The van der Waals surface area contributed by atoms with E-state index in [0.717, 1.165) is 17.7 Å². The SMILES string of the molecule is OC(CN1CCOC(c2cccc(F)c2)C1)c1ccc(F)c(F)c1. The Balaban J connectivity index is 1.65. The van der Waals surface area contributed by atoms with E-state index >= 15 is 0 Å². The third-order valence-electron chi connectivity index (χ3n) is 4.13. The molecule has 3 rings (SSSR count). The van der Waals surface area contributed by atoms with Gasteiger partial charge in [-0.25, -0.2) is 13.2 Å². The minimum atomic E-state index is -0.980. The van der Waals surface area contributed by atoms with E-state index in [4.69, 9.17) is 4.74 Å². The Hall–Kier alpha value is -1.89. The van der Waals surface area contributed by atoms with Crippen LogP contribution in [-0.2, 0) is 4.74 Å². The van der Waals surface area contributed by atoms with Gasteiger partial charge in [0.05, 0.1) is 18.8 Å². The predicted octanol–water partition coefficient (Wildman–Crippen LogP) is 3.21. The van der Waals surface area contributed by atoms with Crippen LogP contribution in [0.2, 0.25) is 0 Å². The topological polar surface area (TPSA) is 32.7 Å². The molecule has 0 saturated carbocycles. The van der Waals surface area contributed by atoms with E-state index in [1.165, 1.54) is 18.2 Å². The highest BCUT2D eigenvalue weighted by atomic mass is 19.2. The zero-order valence-electron chi connectivity index (χ0n) is 13.0. The first kappa shape index (κ1) is 17.0. The summed E-state index contributed by atoms with van der Waals surface area (Å²) in [4.78, 5) is 1.96. The number of halogens is 3. The Morgan fingerprint density at radius 1 is 1.12 bits per heavy atom. The maximum absolute atomic E-state index is 13.3. The maximum atomic E-state index is 13.3. The highest BCUT2D eigenvalue weighted by molar-refractivity contribution is 5.21. The normalized spacial score (nSPS) is 20.1. The molecule has 0 spiro atoms. The minimum Gasteiger partial charge on any atom is -0.387 e. The van der Waals surface area contributed by atoms with Crippen LogP contribution in [-0.4, -0.2) is 36.2 Å². The number of hydrogen-bond acceptors (Lipinski definition) is 3. The molecule has 0 amide bonds. The van der Waals surface area contributed by atoms with E-state index in [1.807, 2.05) is 4.90 Å². The van der Waals surface area contributed by atoms with Crippen molar-refractivity contribution in [3.8, 4) is 0 Å². The van der Waals surface area contributed by atoms with Gasteiger partial charge in [0.15, 0.2) is 11.6 Å². The molecule has 6 heteroatoms. The van der Waals surface area contributed by atoms with Crippen molar-refractivity contribution < 1.29 is 23.0 Å². The van der Waals surface area contributed by atoms with Crippen LogP contribution in [0.5, 0.6) is 0 Å². The minimum absolute atomic E-state index is 0.264. The number of morpholine rings is 1. The maximum Gasteiger partial charge on any atom is 0.159 e. The van der Waals surface area contributed by atoms with Crippen molar-refractivity contribution in [2.45, 2.75) is 12.2 Å². The van der Waals surface area contributed by atoms with Gasteiger partial charge >= 0.3 is 0 Å². The molecule has 2 aromatic carbocycles. The zero-order valence-corrected chi connectivity index (χ0v) is 13.0. The van der Waals surface area contributed by atoms with Gasteiger partial charge in [-0.1, -0.05) is 18.2 Å². The van der Waals surface area contributed by atoms with E-state index in [2.05, 4.69) is 0 Å². The van der Waals surface area contributed by atoms with Crippen LogP contribution in [0.4, 0.5) is 13.2 Å². The van der Waals surface area contributed by atoms with Crippen molar-refractivity contribution in [1.29, 1.82) is 0 Å². The first-order chi connectivity index (χ1) is 11.5. The van der Waals surface area contributed by atoms with Gasteiger partial charge in [0.25, 0.3) is 0 Å². The molecule has 0 aromatic heterocycles. The third kappa shape index (κ3) is 3.95. The van der Waals surface area contributed by atoms with Crippen LogP contribution in [0.25, 0.3) is 0 Å². The van der Waals surface area contributed by atoms with Crippen molar-refractivity contribution in [2.75, 3.05) is 26.2 Å². The molecule has 0 aliphatic carbocycles. The number of nitrogens with zero attached hydrogens (tertiary/aromatic N) is 1. The van der Waals surface area contributed by atoms with Crippen molar-refractivity contribution >= 4 is 0 Å². The molecule has 1 N–H and O–H groups in total. The fourth-order valence-corrected chi connectivity index (χ4v) is 2.85. The molecule has 1 saturated heterocycles. The van der Waals surface area contributed by atoms with Crippen LogP contribution in [0.1, 0.15) is 23.3 Å². The first-order valence-electron chi connectivity index (χ1n) is 7.75. The summed E-state index contributed by atoms with van der Waals surface area (Å²) in [6.45, 7) is 1.81. The average molecular weight is 337 g/mol. The lowest BCUT2D eigenvalue weighted by molar-refractivity contribution is -0.0425. The highest BCUT2D eigenvalue weighted by Gasteiger charge is 2.24. The number of β-amino-alcohol motifs (C(OH)–C–C–N with tert-alkyl or cyclic N) is 1. The largest absolute Gasteiger partial charge is 0.387 e. The number of rotatable bonds is 4. The molecular weight excluding hydrogens is 319 g/mol. The Kier molecular flexibility index (Phi) is 5.18. The second-order valence-electron chi connectivity index (χ2n) is 5.86. The molecule has 2 aromatic rings. The van der Waals surface area contributed by atoms with Crippen molar-refractivity contribution in [2.24, 2.45) is 0 Å². The van der Waals surface area contributed by atoms with Crippen LogP contribution in [0.3, 0.4) is 0 Å². The fraction of sp³-hybridized carbons (Fsp3) is 0.333. The Morgan fingerprint density at radius 3 is 2.71 bits per heavy atom. The Labute approximate surface area is 138 Å². The summed E-state index contributed by atoms with van der Waals surface area (Å²) in [5.74, 6) is -2.25. The summed E-state index contributed by atoms with van der Waals surface area (Å²) in [6, 6.07) is 9.60. The molecule has 0 radical (unpaired) electrons. The lowest BCUT2D eigenvalue weighted by Gasteiger charge is -2.34. The van der Waals surface area contributed by atoms with Gasteiger partial charge in [-0.2, -0.15) is 0 Å². The molecular formula is C18H18F3NO2. The molecule has 3 nitrogen and oxygen atoms in total. The molecule has 2 unspecified atom stereocenters. The van der Waals surface area contributed by atoms with E-state index in [9.17, 15) is 18.3 Å². The lowest BCUT2D eigenvalue weighted by Crippen LogP contribution is -2.40. The van der Waals surface area contributed by atoms with Crippen LogP contribution in [0.15, 0.2) is 42.5 Å². The van der Waals surface area contributed by atoms with Crippen molar-refractivity contribution in [1.82, 2.24) is 4.90 Å². The number of aliphatic hydroxyl groups excluding tert-OH is 1. The van der Waals surface area contributed by atoms with Crippen LogP contribution in [0, 0.1) is 17.5 Å². The highest BCUT2D eigenvalue weighted by Crippen LogP contribution is 2.25. The van der Waals surface area contributed by atoms with E-state index < -0.39 is 17.7 Å². The smallest absolute Gasteiger partial charge is 0.159 e. The standard InChI is InChI=1S/C18H18F3NO2/c19-14-3-1-2-13(8-14)18-11-22(6-7-24-18)10-17(23)12-4-5-15(20)16(21)9-12/h1-5,8-9,17-18,23H,6-7,10-11H2. The van der Waals surface area contributed by atoms with E-state index in [-0.39, 0.29) is 18.5 Å². The fourth-order valence-electron chi connectivity index (χ4n) is 2.85. The Morgan fingerprint density at radius 2 is 1.96 bits per heavy atom. The van der Waals surface area contributed by atoms with Gasteiger partial charge < -0.3 is 9.84 Å². The summed E-state index contributed by atoms with van der Waals surface area (Å²) in [7, 11) is 0. The van der Waals surface area contributed by atoms with Crippen LogP contribution < -0.4 is 0 Å². The van der Waals surface area contributed by atoms with Gasteiger partial charge in [0.2, 0.25) is 0 Å². The molecule has 0 bridgehead atoms. The van der Waals surface area contributed by atoms with Gasteiger partial charge in [-0.15, -0.1) is 0 Å². The van der Waals surface area contributed by atoms with E-state index in [0.29, 0.717) is 25.3 Å². The number of ether oxygens (including phenoxy) is 1. The van der Waals surface area contributed by atoms with Crippen LogP contribution >= 0.6 is 0 Å².